The number of likely N-dealkylation sites (tertiary alicyclic amines) is 1. The molecule has 0 aliphatic carbocycles. The SMILES string of the molecule is CC(C)(O)c1ccc2c(c1)/C(=C/CCN1CCC(C(N)=O)(c3ccc(Cl)cc3)CC1)C1C=CC=NC1CO2. The molecule has 6 nitrogen and oxygen atoms in total. The van der Waals surface area contributed by atoms with Gasteiger partial charge in [-0.2, -0.15) is 0 Å². The molecule has 3 N–H and O–H groups in total. The van der Waals surface area contributed by atoms with Gasteiger partial charge < -0.3 is 20.5 Å². The maximum absolute atomic E-state index is 12.6. The van der Waals surface area contributed by atoms with Gasteiger partial charge in [0.05, 0.1) is 17.1 Å². The average Bonchev–Trinajstić information content (AvgIpc) is 3.06. The van der Waals surface area contributed by atoms with E-state index in [0.717, 1.165) is 48.5 Å². The van der Waals surface area contributed by atoms with Gasteiger partial charge in [0, 0.05) is 29.3 Å². The molecule has 3 aliphatic heterocycles. The predicted octanol–water partition coefficient (Wildman–Crippen LogP) is 4.88. The maximum atomic E-state index is 12.6. The minimum absolute atomic E-state index is 0.0229. The summed E-state index contributed by atoms with van der Waals surface area (Å²) in [5, 5.41) is 11.3. The van der Waals surface area contributed by atoms with E-state index in [2.05, 4.69) is 23.1 Å². The number of carbonyl (C=O) groups is 1. The van der Waals surface area contributed by atoms with Crippen molar-refractivity contribution < 1.29 is 14.6 Å². The van der Waals surface area contributed by atoms with E-state index < -0.39 is 11.0 Å². The Morgan fingerprint density at radius 1 is 1.24 bits per heavy atom. The van der Waals surface area contributed by atoms with Crippen molar-refractivity contribution in [2.45, 2.75) is 50.2 Å². The number of hydrogen-bond acceptors (Lipinski definition) is 5. The number of dihydropyridines is 1. The molecule has 3 heterocycles. The quantitative estimate of drug-likeness (QED) is 0.554. The maximum Gasteiger partial charge on any atom is 0.228 e. The van der Waals surface area contributed by atoms with Crippen LogP contribution in [-0.4, -0.2) is 54.4 Å². The monoisotopic (exact) mass is 533 g/mol. The molecule has 0 saturated carbocycles. The van der Waals surface area contributed by atoms with Crippen molar-refractivity contribution >= 4 is 29.3 Å². The molecule has 0 aromatic heterocycles. The van der Waals surface area contributed by atoms with Crippen LogP contribution in [0.3, 0.4) is 0 Å². The Morgan fingerprint density at radius 2 is 1.97 bits per heavy atom. The summed E-state index contributed by atoms with van der Waals surface area (Å²) in [4.78, 5) is 19.7. The molecule has 2 aromatic rings. The second kappa shape index (κ2) is 10.7. The second-order valence-electron chi connectivity index (χ2n) is 11.1. The van der Waals surface area contributed by atoms with Gasteiger partial charge in [0.1, 0.15) is 12.4 Å². The number of benzene rings is 2. The molecule has 0 radical (unpaired) electrons. The standard InChI is InChI=1S/C31H36ClN3O3/c1-30(2,37)22-9-12-28-26(19-22)24(25-5-3-15-34-27(25)20-38-28)6-4-16-35-17-13-31(14-18-35,29(33)36)21-7-10-23(32)11-8-21/h3,5-12,15,19,25,27,37H,4,13-14,16-18,20H2,1-2H3,(H2,33,36)/b24-6+. The van der Waals surface area contributed by atoms with E-state index in [9.17, 15) is 9.90 Å². The number of allylic oxidation sites excluding steroid dienone is 1. The zero-order valence-corrected chi connectivity index (χ0v) is 22.8. The lowest BCUT2D eigenvalue weighted by atomic mass is 9.72. The molecule has 1 amide bonds. The number of aliphatic hydroxyl groups is 1. The van der Waals surface area contributed by atoms with Crippen LogP contribution < -0.4 is 10.5 Å². The highest BCUT2D eigenvalue weighted by molar-refractivity contribution is 6.30. The van der Waals surface area contributed by atoms with E-state index in [1.165, 1.54) is 5.57 Å². The van der Waals surface area contributed by atoms with E-state index in [-0.39, 0.29) is 17.9 Å². The minimum Gasteiger partial charge on any atom is -0.491 e. The third kappa shape index (κ3) is 5.31. The fourth-order valence-corrected chi connectivity index (χ4v) is 6.00. The van der Waals surface area contributed by atoms with E-state index >= 15 is 0 Å². The Kier molecular flexibility index (Phi) is 7.49. The molecule has 1 saturated heterocycles. The first-order chi connectivity index (χ1) is 18.2. The van der Waals surface area contributed by atoms with E-state index in [1.54, 1.807) is 13.8 Å². The van der Waals surface area contributed by atoms with Crippen LogP contribution in [-0.2, 0) is 15.8 Å². The number of piperidine rings is 1. The number of carbonyl (C=O) groups excluding carboxylic acids is 1. The third-order valence-electron chi connectivity index (χ3n) is 8.25. The van der Waals surface area contributed by atoms with Crippen LogP contribution in [0.25, 0.3) is 5.57 Å². The number of primary amides is 1. The van der Waals surface area contributed by atoms with Crippen molar-refractivity contribution in [1.82, 2.24) is 4.90 Å². The van der Waals surface area contributed by atoms with E-state index in [1.807, 2.05) is 48.7 Å². The highest BCUT2D eigenvalue weighted by Gasteiger charge is 2.41. The van der Waals surface area contributed by atoms with Crippen LogP contribution in [0.4, 0.5) is 0 Å². The number of nitrogens with two attached hydrogens (primary N) is 1. The number of halogens is 1. The zero-order valence-electron chi connectivity index (χ0n) is 22.1. The van der Waals surface area contributed by atoms with Crippen molar-refractivity contribution in [3.05, 3.63) is 82.4 Å². The number of hydrogen-bond donors (Lipinski definition) is 2. The number of ether oxygens (including phenoxy) is 1. The smallest absolute Gasteiger partial charge is 0.228 e. The Labute approximate surface area is 229 Å². The number of nitrogens with zero attached hydrogens (tertiary/aromatic N) is 2. The van der Waals surface area contributed by atoms with Crippen molar-refractivity contribution in [3.8, 4) is 5.75 Å². The lowest BCUT2D eigenvalue weighted by molar-refractivity contribution is -0.125. The average molecular weight is 534 g/mol. The molecule has 7 heteroatoms. The van der Waals surface area contributed by atoms with Crippen molar-refractivity contribution in [2.75, 3.05) is 26.2 Å². The summed E-state index contributed by atoms with van der Waals surface area (Å²) < 4.78 is 6.17. The molecule has 0 spiro atoms. The highest BCUT2D eigenvalue weighted by atomic mass is 35.5. The number of rotatable bonds is 6. The molecular formula is C31H36ClN3O3. The second-order valence-corrected chi connectivity index (χ2v) is 11.5. The lowest BCUT2D eigenvalue weighted by Gasteiger charge is -2.40. The molecule has 200 valence electrons. The van der Waals surface area contributed by atoms with Gasteiger partial charge in [-0.1, -0.05) is 42.0 Å². The van der Waals surface area contributed by atoms with Crippen LogP contribution in [0.2, 0.25) is 5.02 Å². The fourth-order valence-electron chi connectivity index (χ4n) is 5.88. The van der Waals surface area contributed by atoms with Gasteiger partial charge in [-0.3, -0.25) is 9.79 Å². The Hall–Kier alpha value is -2.93. The fraction of sp³-hybridized carbons (Fsp3) is 0.419. The molecule has 3 aliphatic rings. The molecule has 2 atom stereocenters. The van der Waals surface area contributed by atoms with Crippen LogP contribution in [0.1, 0.15) is 49.8 Å². The van der Waals surface area contributed by atoms with Crippen molar-refractivity contribution in [2.24, 2.45) is 16.6 Å². The Bertz CT molecular complexity index is 1270. The molecular weight excluding hydrogens is 498 g/mol. The number of amides is 1. The summed E-state index contributed by atoms with van der Waals surface area (Å²) in [6.07, 6.45) is 10.6. The van der Waals surface area contributed by atoms with Gasteiger partial charge in [-0.25, -0.2) is 0 Å². The summed E-state index contributed by atoms with van der Waals surface area (Å²) >= 11 is 6.07. The zero-order chi connectivity index (χ0) is 26.9. The Morgan fingerprint density at radius 3 is 2.66 bits per heavy atom. The molecule has 2 unspecified atom stereocenters. The summed E-state index contributed by atoms with van der Waals surface area (Å²) in [6, 6.07) is 13.5. The van der Waals surface area contributed by atoms with Gasteiger partial charge in [0.25, 0.3) is 0 Å². The van der Waals surface area contributed by atoms with Gasteiger partial charge in [-0.15, -0.1) is 0 Å². The lowest BCUT2D eigenvalue weighted by Crippen LogP contribution is -2.50. The molecule has 5 rings (SSSR count). The molecule has 1 fully saturated rings. The third-order valence-corrected chi connectivity index (χ3v) is 8.50. The van der Waals surface area contributed by atoms with Crippen molar-refractivity contribution in [1.29, 1.82) is 0 Å². The largest absolute Gasteiger partial charge is 0.491 e. The van der Waals surface area contributed by atoms with Crippen LogP contribution in [0.15, 0.2) is 65.7 Å². The first-order valence-electron chi connectivity index (χ1n) is 13.4. The van der Waals surface area contributed by atoms with Crippen LogP contribution in [0, 0.1) is 5.92 Å². The molecule has 2 aromatic carbocycles. The minimum atomic E-state index is -0.947. The van der Waals surface area contributed by atoms with Gasteiger partial charge in [-0.05, 0) is 93.2 Å². The van der Waals surface area contributed by atoms with Gasteiger partial charge in [0.2, 0.25) is 5.91 Å². The predicted molar refractivity (Wildman–Crippen MR) is 153 cm³/mol. The van der Waals surface area contributed by atoms with Gasteiger partial charge >= 0.3 is 0 Å². The summed E-state index contributed by atoms with van der Waals surface area (Å²) in [5.41, 5.74) is 8.35. The van der Waals surface area contributed by atoms with Gasteiger partial charge in [0.15, 0.2) is 0 Å². The first-order valence-corrected chi connectivity index (χ1v) is 13.7. The van der Waals surface area contributed by atoms with Crippen LogP contribution in [0.5, 0.6) is 5.75 Å². The summed E-state index contributed by atoms with van der Waals surface area (Å²) in [6.45, 7) is 6.60. The molecule has 38 heavy (non-hydrogen) atoms. The topological polar surface area (TPSA) is 88.2 Å². The van der Waals surface area contributed by atoms with E-state index in [4.69, 9.17) is 27.1 Å². The Balaban J connectivity index is 1.34. The van der Waals surface area contributed by atoms with E-state index in [0.29, 0.717) is 24.5 Å². The number of fused-ring (bicyclic) bond motifs is 2. The summed E-state index contributed by atoms with van der Waals surface area (Å²) in [7, 11) is 0. The molecule has 0 bridgehead atoms. The van der Waals surface area contributed by atoms with Crippen LogP contribution >= 0.6 is 11.6 Å². The normalized spacial score (nSPS) is 23.8. The highest BCUT2D eigenvalue weighted by Crippen LogP contribution is 2.41. The van der Waals surface area contributed by atoms with Crippen molar-refractivity contribution in [3.63, 3.8) is 0 Å². The first kappa shape index (κ1) is 26.7. The summed E-state index contributed by atoms with van der Waals surface area (Å²) in [5.74, 6) is 0.677. The number of aliphatic imine (C=N–C) groups is 1.